The van der Waals surface area contributed by atoms with E-state index in [0.717, 1.165) is 6.07 Å². The topological polar surface area (TPSA) is 137 Å². The predicted molar refractivity (Wildman–Crippen MR) is 129 cm³/mol. The molecule has 0 saturated carbocycles. The van der Waals surface area contributed by atoms with Gasteiger partial charge in [-0.25, -0.2) is 18.6 Å². The lowest BCUT2D eigenvalue weighted by molar-refractivity contribution is -0.0533. The molecule has 0 bridgehead atoms. The molecule has 1 fully saturated rings. The van der Waals surface area contributed by atoms with Gasteiger partial charge in [-0.2, -0.15) is 10.3 Å². The molecular weight excluding hydrogens is 513 g/mol. The van der Waals surface area contributed by atoms with Gasteiger partial charge >= 0.3 is 14.8 Å². The van der Waals surface area contributed by atoms with E-state index in [1.165, 1.54) is 4.57 Å². The SMILES string of the molecule is CC(C)(C)C/C(=N/c1nc2c(F)cc(C#N)c(F)c2n1C(C)(C)C)OCOC(=O)OC1COP(O)OC1. The number of carbonyl (C=O) groups excluding carboxylic acids is 1. The van der Waals surface area contributed by atoms with Crippen molar-refractivity contribution in [3.8, 4) is 6.07 Å². The van der Waals surface area contributed by atoms with Crippen molar-refractivity contribution in [2.75, 3.05) is 20.0 Å². The third-order valence-corrected chi connectivity index (χ3v) is 5.65. The molecule has 0 atom stereocenters. The number of hydrogen-bond donors (Lipinski definition) is 1. The quantitative estimate of drug-likeness (QED) is 0.178. The lowest BCUT2D eigenvalue weighted by atomic mass is 9.92. The van der Waals surface area contributed by atoms with Crippen molar-refractivity contribution in [1.29, 1.82) is 5.26 Å². The smallest absolute Gasteiger partial charge is 0.444 e. The maximum absolute atomic E-state index is 15.1. The van der Waals surface area contributed by atoms with Crippen LogP contribution in [0.25, 0.3) is 11.0 Å². The van der Waals surface area contributed by atoms with Crippen molar-refractivity contribution in [3.05, 3.63) is 23.3 Å². The summed E-state index contributed by atoms with van der Waals surface area (Å²) in [4.78, 5) is 29.8. The number of imidazole rings is 1. The van der Waals surface area contributed by atoms with Gasteiger partial charge in [-0.1, -0.05) is 20.8 Å². The van der Waals surface area contributed by atoms with Crippen LogP contribution in [0.5, 0.6) is 0 Å². The van der Waals surface area contributed by atoms with Gasteiger partial charge in [-0.3, -0.25) is 0 Å². The molecule has 1 aromatic carbocycles. The molecule has 1 aliphatic rings. The molecule has 1 aliphatic heterocycles. The van der Waals surface area contributed by atoms with Gasteiger partial charge < -0.3 is 32.7 Å². The summed E-state index contributed by atoms with van der Waals surface area (Å²) in [6, 6.07) is 2.45. The van der Waals surface area contributed by atoms with E-state index in [4.69, 9.17) is 23.3 Å². The summed E-state index contributed by atoms with van der Waals surface area (Å²) >= 11 is 0. The number of nitriles is 1. The molecule has 37 heavy (non-hydrogen) atoms. The van der Waals surface area contributed by atoms with Gasteiger partial charge in [-0.05, 0) is 32.3 Å². The number of aromatic nitrogens is 2. The summed E-state index contributed by atoms with van der Waals surface area (Å²) in [5.74, 6) is -1.72. The summed E-state index contributed by atoms with van der Waals surface area (Å²) < 4.78 is 56.6. The van der Waals surface area contributed by atoms with Crippen LogP contribution in [0.3, 0.4) is 0 Å². The molecule has 3 rings (SSSR count). The van der Waals surface area contributed by atoms with Crippen LogP contribution in [-0.4, -0.2) is 52.6 Å². The molecule has 1 saturated heterocycles. The highest BCUT2D eigenvalue weighted by molar-refractivity contribution is 7.40. The van der Waals surface area contributed by atoms with Crippen molar-refractivity contribution in [2.45, 2.75) is 59.6 Å². The molecule has 202 valence electrons. The monoisotopic (exact) mass is 542 g/mol. The third-order valence-electron chi connectivity index (χ3n) is 4.91. The Morgan fingerprint density at radius 3 is 2.49 bits per heavy atom. The average molecular weight is 542 g/mol. The molecule has 2 aromatic rings. The van der Waals surface area contributed by atoms with Crippen LogP contribution in [0.2, 0.25) is 0 Å². The fourth-order valence-electron chi connectivity index (χ4n) is 3.41. The number of nitrogens with zero attached hydrogens (tertiary/aromatic N) is 4. The minimum absolute atomic E-state index is 0.0431. The molecule has 1 N–H and O–H groups in total. The zero-order valence-electron chi connectivity index (χ0n) is 21.4. The minimum atomic E-state index is -1.97. The lowest BCUT2D eigenvalue weighted by Crippen LogP contribution is -2.31. The number of benzene rings is 1. The van der Waals surface area contributed by atoms with Gasteiger partial charge in [0.1, 0.15) is 17.1 Å². The van der Waals surface area contributed by atoms with Gasteiger partial charge in [-0.15, -0.1) is 0 Å². The van der Waals surface area contributed by atoms with Crippen molar-refractivity contribution < 1.29 is 41.7 Å². The highest BCUT2D eigenvalue weighted by atomic mass is 31.2. The summed E-state index contributed by atoms with van der Waals surface area (Å²) in [7, 11) is -1.97. The van der Waals surface area contributed by atoms with E-state index < -0.39 is 50.4 Å². The Morgan fingerprint density at radius 1 is 1.27 bits per heavy atom. The normalized spacial score (nSPS) is 19.0. The second-order valence-corrected chi connectivity index (χ2v) is 11.4. The molecule has 0 amide bonds. The van der Waals surface area contributed by atoms with E-state index in [1.54, 1.807) is 26.8 Å². The predicted octanol–water partition coefficient (Wildman–Crippen LogP) is 5.17. The van der Waals surface area contributed by atoms with Gasteiger partial charge in [0.2, 0.25) is 12.7 Å². The van der Waals surface area contributed by atoms with Crippen molar-refractivity contribution in [1.82, 2.24) is 9.55 Å². The van der Waals surface area contributed by atoms with E-state index in [2.05, 4.69) is 9.98 Å². The van der Waals surface area contributed by atoms with Crippen LogP contribution >= 0.6 is 8.60 Å². The van der Waals surface area contributed by atoms with Gasteiger partial charge in [0.25, 0.3) is 0 Å². The molecule has 0 aliphatic carbocycles. The maximum Gasteiger partial charge on any atom is 0.511 e. The Morgan fingerprint density at radius 2 is 1.92 bits per heavy atom. The maximum atomic E-state index is 15.1. The lowest BCUT2D eigenvalue weighted by Gasteiger charge is -2.25. The Bertz CT molecular complexity index is 1220. The second-order valence-electron chi connectivity index (χ2n) is 10.4. The first-order valence-corrected chi connectivity index (χ1v) is 12.4. The van der Waals surface area contributed by atoms with Crippen LogP contribution in [0, 0.1) is 28.4 Å². The highest BCUT2D eigenvalue weighted by Crippen LogP contribution is 2.37. The molecular formula is C23H29F2N4O7P. The number of fused-ring (bicyclic) bond motifs is 1. The third kappa shape index (κ3) is 7.32. The number of hydrogen-bond acceptors (Lipinski definition) is 10. The first-order chi connectivity index (χ1) is 17.2. The van der Waals surface area contributed by atoms with Crippen LogP contribution in [0.15, 0.2) is 11.1 Å². The van der Waals surface area contributed by atoms with Crippen molar-refractivity contribution in [3.63, 3.8) is 0 Å². The van der Waals surface area contributed by atoms with Crippen LogP contribution in [-0.2, 0) is 28.8 Å². The summed E-state index contributed by atoms with van der Waals surface area (Å²) in [5, 5.41) is 9.22. The van der Waals surface area contributed by atoms with E-state index in [-0.39, 0.29) is 47.9 Å². The molecule has 0 spiro atoms. The van der Waals surface area contributed by atoms with Gasteiger partial charge in [0.15, 0.2) is 23.6 Å². The standard InChI is InChI=1S/C23H29F2N4O7P/c1-22(2,3)8-16(32-12-33-21(30)36-14-10-34-37(31)35-11-14)27-20-28-18-15(24)7-13(9-26)17(25)19(18)29(20)23(4,5)6/h7,14,31H,8,10-12H2,1-6H3/b27-16-. The number of rotatable bonds is 5. The molecule has 0 radical (unpaired) electrons. The Kier molecular flexibility index (Phi) is 8.70. The molecule has 0 unspecified atom stereocenters. The Balaban J connectivity index is 1.89. The molecule has 1 aromatic heterocycles. The van der Waals surface area contributed by atoms with Gasteiger partial charge in [0.05, 0.1) is 18.8 Å². The molecule has 14 heteroatoms. The van der Waals surface area contributed by atoms with E-state index in [0.29, 0.717) is 0 Å². The minimum Gasteiger partial charge on any atom is -0.444 e. The van der Waals surface area contributed by atoms with Crippen molar-refractivity contribution >= 4 is 37.6 Å². The largest absolute Gasteiger partial charge is 0.511 e. The number of carbonyl (C=O) groups is 1. The summed E-state index contributed by atoms with van der Waals surface area (Å²) in [5.41, 5.74) is -2.05. The Hall–Kier alpha value is -2.91. The highest BCUT2D eigenvalue weighted by Gasteiger charge is 2.29. The molecule has 2 heterocycles. The fraction of sp³-hybridized carbons (Fsp3) is 0.565. The number of ether oxygens (including phenoxy) is 3. The summed E-state index contributed by atoms with van der Waals surface area (Å²) in [6.07, 6.45) is -1.54. The van der Waals surface area contributed by atoms with Crippen LogP contribution in [0.4, 0.5) is 19.5 Å². The zero-order chi connectivity index (χ0) is 27.5. The zero-order valence-corrected chi connectivity index (χ0v) is 22.3. The van der Waals surface area contributed by atoms with E-state index in [9.17, 15) is 19.3 Å². The fourth-order valence-corrected chi connectivity index (χ4v) is 4.07. The molecule has 11 nitrogen and oxygen atoms in total. The second kappa shape index (κ2) is 11.2. The van der Waals surface area contributed by atoms with E-state index in [1.807, 2.05) is 20.8 Å². The first kappa shape index (κ1) is 28.7. The summed E-state index contributed by atoms with van der Waals surface area (Å²) in [6.45, 7) is 10.4. The van der Waals surface area contributed by atoms with Crippen LogP contribution < -0.4 is 0 Å². The van der Waals surface area contributed by atoms with Crippen molar-refractivity contribution in [2.24, 2.45) is 10.4 Å². The van der Waals surface area contributed by atoms with Gasteiger partial charge in [0, 0.05) is 12.0 Å². The number of halogens is 2. The van der Waals surface area contributed by atoms with E-state index >= 15 is 4.39 Å². The first-order valence-electron chi connectivity index (χ1n) is 11.3. The Labute approximate surface area is 213 Å². The van der Waals surface area contributed by atoms with Crippen LogP contribution in [0.1, 0.15) is 53.5 Å². The number of aliphatic imine (C=N–C) groups is 1. The average Bonchev–Trinajstić information content (AvgIpc) is 3.17.